The molecule has 0 saturated heterocycles. The van der Waals surface area contributed by atoms with Crippen molar-refractivity contribution in [1.29, 1.82) is 0 Å². The van der Waals surface area contributed by atoms with Gasteiger partial charge in [0.15, 0.2) is 17.3 Å². The summed E-state index contributed by atoms with van der Waals surface area (Å²) in [6.45, 7) is -0.0155. The highest BCUT2D eigenvalue weighted by Gasteiger charge is 2.21. The third-order valence-corrected chi connectivity index (χ3v) is 3.91. The summed E-state index contributed by atoms with van der Waals surface area (Å²) in [5.41, 5.74) is 5.91. The summed E-state index contributed by atoms with van der Waals surface area (Å²) in [6, 6.07) is 3.42. The second-order valence-corrected chi connectivity index (χ2v) is 5.50. The third kappa shape index (κ3) is 3.28. The zero-order chi connectivity index (χ0) is 13.8. The molecule has 1 fully saturated rings. The first kappa shape index (κ1) is 14.3. The number of rotatable bonds is 5. The van der Waals surface area contributed by atoms with Gasteiger partial charge in [-0.3, -0.25) is 4.79 Å². The van der Waals surface area contributed by atoms with E-state index in [0.29, 0.717) is 17.1 Å². The topological polar surface area (TPSA) is 61.5 Å². The van der Waals surface area contributed by atoms with E-state index in [0.717, 1.165) is 17.3 Å². The Morgan fingerprint density at radius 2 is 2.11 bits per heavy atom. The molecule has 0 bridgehead atoms. The van der Waals surface area contributed by atoms with Gasteiger partial charge in [-0.25, -0.2) is 0 Å². The second-order valence-electron chi connectivity index (χ2n) is 4.64. The summed E-state index contributed by atoms with van der Waals surface area (Å²) < 4.78 is 12.0. The van der Waals surface area contributed by atoms with Crippen LogP contribution < -0.4 is 15.2 Å². The van der Waals surface area contributed by atoms with E-state index in [1.54, 1.807) is 19.2 Å². The summed E-state index contributed by atoms with van der Waals surface area (Å²) in [5, 5.41) is 0. The van der Waals surface area contributed by atoms with Crippen LogP contribution in [0, 0.1) is 0 Å². The number of ketones is 1. The van der Waals surface area contributed by atoms with E-state index in [9.17, 15) is 4.79 Å². The highest BCUT2D eigenvalue weighted by Crippen LogP contribution is 2.39. The van der Waals surface area contributed by atoms with E-state index in [2.05, 4.69) is 15.9 Å². The van der Waals surface area contributed by atoms with Crippen LogP contribution in [0.15, 0.2) is 16.6 Å². The molecule has 2 rings (SSSR count). The lowest BCUT2D eigenvalue weighted by Gasteiger charge is -2.18. The molecule has 0 radical (unpaired) electrons. The summed E-state index contributed by atoms with van der Waals surface area (Å²) in [5.74, 6) is 1.12. The smallest absolute Gasteiger partial charge is 0.176 e. The van der Waals surface area contributed by atoms with Gasteiger partial charge in [-0.15, -0.1) is 0 Å². The van der Waals surface area contributed by atoms with E-state index in [-0.39, 0.29) is 18.4 Å². The highest BCUT2D eigenvalue weighted by molar-refractivity contribution is 9.10. The average molecular weight is 328 g/mol. The number of Topliss-reactive ketones (excluding diaryl/α,β-unsaturated/α-hetero) is 1. The van der Waals surface area contributed by atoms with Crippen LogP contribution in [-0.4, -0.2) is 25.5 Å². The molecular weight excluding hydrogens is 310 g/mol. The van der Waals surface area contributed by atoms with Crippen LogP contribution in [0.4, 0.5) is 0 Å². The predicted octanol–water partition coefficient (Wildman–Crippen LogP) is 2.92. The van der Waals surface area contributed by atoms with Crippen molar-refractivity contribution in [3.05, 3.63) is 22.2 Å². The number of hydrogen-bond donors (Lipinski definition) is 1. The van der Waals surface area contributed by atoms with Crippen molar-refractivity contribution in [2.24, 2.45) is 5.73 Å². The lowest BCUT2D eigenvalue weighted by Crippen LogP contribution is -2.15. The molecule has 1 saturated carbocycles. The summed E-state index contributed by atoms with van der Waals surface area (Å²) in [7, 11) is 1.57. The van der Waals surface area contributed by atoms with Gasteiger partial charge in [0.1, 0.15) is 0 Å². The number of carbonyl (C=O) groups is 1. The minimum atomic E-state index is -0.119. The molecule has 0 atom stereocenters. The van der Waals surface area contributed by atoms with Crippen LogP contribution in [0.5, 0.6) is 11.5 Å². The second kappa shape index (κ2) is 6.39. The van der Waals surface area contributed by atoms with Gasteiger partial charge in [-0.05, 0) is 53.7 Å². The molecular formula is C14H18BrNO3. The number of carbonyl (C=O) groups excluding carboxylic acids is 1. The van der Waals surface area contributed by atoms with Gasteiger partial charge in [-0.1, -0.05) is 0 Å². The average Bonchev–Trinajstić information content (AvgIpc) is 2.92. The maximum absolute atomic E-state index is 11.6. The Balaban J connectivity index is 2.29. The van der Waals surface area contributed by atoms with Crippen molar-refractivity contribution in [1.82, 2.24) is 0 Å². The molecule has 0 unspecified atom stereocenters. The fraction of sp³-hybridized carbons (Fsp3) is 0.500. The number of ether oxygens (including phenoxy) is 2. The summed E-state index contributed by atoms with van der Waals surface area (Å²) in [6.07, 6.45) is 4.78. The largest absolute Gasteiger partial charge is 0.493 e. The first-order valence-electron chi connectivity index (χ1n) is 6.43. The van der Waals surface area contributed by atoms with Crippen molar-refractivity contribution < 1.29 is 14.3 Å². The molecule has 1 aliphatic carbocycles. The molecule has 0 aromatic heterocycles. The number of hydrogen-bond acceptors (Lipinski definition) is 4. The first-order valence-corrected chi connectivity index (χ1v) is 7.22. The Bertz CT molecular complexity index is 470. The maximum Gasteiger partial charge on any atom is 0.176 e. The van der Waals surface area contributed by atoms with Crippen molar-refractivity contribution in [3.8, 4) is 11.5 Å². The van der Waals surface area contributed by atoms with Gasteiger partial charge in [0.2, 0.25) is 0 Å². The molecule has 0 aliphatic heterocycles. The van der Waals surface area contributed by atoms with Crippen molar-refractivity contribution in [2.45, 2.75) is 31.8 Å². The fourth-order valence-corrected chi connectivity index (χ4v) is 2.82. The SMILES string of the molecule is COc1cc(C(=O)CN)cc(Br)c1OC1CCCC1. The van der Waals surface area contributed by atoms with Gasteiger partial charge in [-0.2, -0.15) is 0 Å². The van der Waals surface area contributed by atoms with Gasteiger partial charge < -0.3 is 15.2 Å². The molecule has 0 amide bonds. The van der Waals surface area contributed by atoms with Gasteiger partial charge in [0.25, 0.3) is 0 Å². The molecule has 1 aliphatic rings. The molecule has 4 nitrogen and oxygen atoms in total. The Morgan fingerprint density at radius 3 is 2.68 bits per heavy atom. The van der Waals surface area contributed by atoms with E-state index in [1.165, 1.54) is 12.8 Å². The fourth-order valence-electron chi connectivity index (χ4n) is 2.29. The number of nitrogens with two attached hydrogens (primary N) is 1. The molecule has 1 aromatic rings. The van der Waals surface area contributed by atoms with Gasteiger partial charge >= 0.3 is 0 Å². The Labute approximate surface area is 121 Å². The molecule has 104 valence electrons. The maximum atomic E-state index is 11.6. The van der Waals surface area contributed by atoms with Crippen LogP contribution in [0.1, 0.15) is 36.0 Å². The number of methoxy groups -OCH3 is 1. The Morgan fingerprint density at radius 1 is 1.42 bits per heavy atom. The van der Waals surface area contributed by atoms with Gasteiger partial charge in [0, 0.05) is 5.56 Å². The van der Waals surface area contributed by atoms with E-state index >= 15 is 0 Å². The number of halogens is 1. The lowest BCUT2D eigenvalue weighted by atomic mass is 10.1. The third-order valence-electron chi connectivity index (χ3n) is 3.32. The zero-order valence-electron chi connectivity index (χ0n) is 10.9. The van der Waals surface area contributed by atoms with Crippen LogP contribution in [-0.2, 0) is 0 Å². The normalized spacial score (nSPS) is 15.5. The molecule has 19 heavy (non-hydrogen) atoms. The predicted molar refractivity (Wildman–Crippen MR) is 77.0 cm³/mol. The molecule has 0 spiro atoms. The lowest BCUT2D eigenvalue weighted by molar-refractivity contribution is 0.100. The van der Waals surface area contributed by atoms with Crippen LogP contribution in [0.25, 0.3) is 0 Å². The monoisotopic (exact) mass is 327 g/mol. The van der Waals surface area contributed by atoms with E-state index < -0.39 is 0 Å². The van der Waals surface area contributed by atoms with Crippen molar-refractivity contribution in [2.75, 3.05) is 13.7 Å². The Kier molecular flexibility index (Phi) is 4.82. The standard InChI is InChI=1S/C14H18BrNO3/c1-18-13-7-9(12(17)8-16)6-11(15)14(13)19-10-4-2-3-5-10/h6-7,10H,2-5,8,16H2,1H3. The van der Waals surface area contributed by atoms with Crippen molar-refractivity contribution >= 4 is 21.7 Å². The quantitative estimate of drug-likeness (QED) is 0.844. The molecule has 5 heteroatoms. The summed E-state index contributed by atoms with van der Waals surface area (Å²) >= 11 is 3.45. The highest BCUT2D eigenvalue weighted by atomic mass is 79.9. The van der Waals surface area contributed by atoms with Crippen molar-refractivity contribution in [3.63, 3.8) is 0 Å². The zero-order valence-corrected chi connectivity index (χ0v) is 12.5. The van der Waals surface area contributed by atoms with E-state index in [4.69, 9.17) is 15.2 Å². The molecule has 2 N–H and O–H groups in total. The van der Waals surface area contributed by atoms with Crippen LogP contribution in [0.3, 0.4) is 0 Å². The first-order chi connectivity index (χ1) is 9.15. The van der Waals surface area contributed by atoms with Crippen LogP contribution >= 0.6 is 15.9 Å². The minimum Gasteiger partial charge on any atom is -0.493 e. The molecule has 1 aromatic carbocycles. The molecule has 0 heterocycles. The van der Waals surface area contributed by atoms with Gasteiger partial charge in [0.05, 0.1) is 24.2 Å². The Hall–Kier alpha value is -1.07. The van der Waals surface area contributed by atoms with Crippen LogP contribution in [0.2, 0.25) is 0 Å². The minimum absolute atomic E-state index is 0.0155. The number of benzene rings is 1. The van der Waals surface area contributed by atoms with E-state index in [1.807, 2.05) is 0 Å². The summed E-state index contributed by atoms with van der Waals surface area (Å²) in [4.78, 5) is 11.6.